The normalized spacial score (nSPS) is 18.8. The molecule has 0 bridgehead atoms. The van der Waals surface area contributed by atoms with Crippen LogP contribution < -0.4 is 4.90 Å². The maximum Gasteiger partial charge on any atom is 0.228 e. The van der Waals surface area contributed by atoms with Gasteiger partial charge in [0.05, 0.1) is 0 Å². The van der Waals surface area contributed by atoms with E-state index in [0.717, 1.165) is 18.1 Å². The Labute approximate surface area is 123 Å². The zero-order chi connectivity index (χ0) is 14.1. The molecule has 1 saturated heterocycles. The van der Waals surface area contributed by atoms with Gasteiger partial charge in [0.25, 0.3) is 0 Å². The Kier molecular flexibility index (Phi) is 3.53. The van der Waals surface area contributed by atoms with Gasteiger partial charge in [0, 0.05) is 42.8 Å². The van der Waals surface area contributed by atoms with Crippen molar-refractivity contribution in [2.45, 2.75) is 25.1 Å². The molecule has 1 amide bonds. The summed E-state index contributed by atoms with van der Waals surface area (Å²) in [6.45, 7) is 3.49. The molecular formula is C15H17N3OS. The Morgan fingerprint density at radius 1 is 1.35 bits per heavy atom. The SMILES string of the molecule is Cc1nccn1Cc1ccc(N2CC(S)CC2=O)cc1. The first-order valence-electron chi connectivity index (χ1n) is 6.68. The molecule has 5 heteroatoms. The summed E-state index contributed by atoms with van der Waals surface area (Å²) in [6, 6.07) is 8.14. The van der Waals surface area contributed by atoms with E-state index in [1.807, 2.05) is 30.2 Å². The van der Waals surface area contributed by atoms with Gasteiger partial charge in [-0.1, -0.05) is 12.1 Å². The number of aryl methyl sites for hydroxylation is 1. The van der Waals surface area contributed by atoms with E-state index in [9.17, 15) is 4.79 Å². The molecule has 2 aromatic rings. The van der Waals surface area contributed by atoms with Crippen LogP contribution in [-0.2, 0) is 11.3 Å². The molecule has 1 atom stereocenters. The quantitative estimate of drug-likeness (QED) is 0.880. The second-order valence-electron chi connectivity index (χ2n) is 5.13. The highest BCUT2D eigenvalue weighted by molar-refractivity contribution is 7.81. The molecule has 4 nitrogen and oxygen atoms in total. The number of carbonyl (C=O) groups excluding carboxylic acids is 1. The highest BCUT2D eigenvalue weighted by atomic mass is 32.1. The number of carbonyl (C=O) groups is 1. The molecule has 104 valence electrons. The lowest BCUT2D eigenvalue weighted by Crippen LogP contribution is -2.24. The maximum atomic E-state index is 11.8. The van der Waals surface area contributed by atoms with Crippen molar-refractivity contribution in [2.24, 2.45) is 0 Å². The summed E-state index contributed by atoms with van der Waals surface area (Å²) in [7, 11) is 0. The average molecular weight is 287 g/mol. The highest BCUT2D eigenvalue weighted by Crippen LogP contribution is 2.24. The van der Waals surface area contributed by atoms with E-state index in [-0.39, 0.29) is 11.2 Å². The van der Waals surface area contributed by atoms with Gasteiger partial charge in [-0.2, -0.15) is 12.6 Å². The van der Waals surface area contributed by atoms with Gasteiger partial charge in [-0.15, -0.1) is 0 Å². The van der Waals surface area contributed by atoms with Crippen LogP contribution in [0.25, 0.3) is 0 Å². The van der Waals surface area contributed by atoms with Crippen molar-refractivity contribution in [1.29, 1.82) is 0 Å². The molecular weight excluding hydrogens is 270 g/mol. The van der Waals surface area contributed by atoms with Crippen molar-refractivity contribution >= 4 is 24.2 Å². The van der Waals surface area contributed by atoms with E-state index in [4.69, 9.17) is 0 Å². The van der Waals surface area contributed by atoms with E-state index in [1.165, 1.54) is 5.56 Å². The van der Waals surface area contributed by atoms with Crippen LogP contribution in [0.2, 0.25) is 0 Å². The number of nitrogens with zero attached hydrogens (tertiary/aromatic N) is 3. The fourth-order valence-electron chi connectivity index (χ4n) is 2.49. The predicted octanol–water partition coefficient (Wildman–Crippen LogP) is 2.27. The Hall–Kier alpha value is -1.75. The Bertz CT molecular complexity index is 620. The number of benzene rings is 1. The van der Waals surface area contributed by atoms with Gasteiger partial charge in [0.1, 0.15) is 5.82 Å². The molecule has 0 saturated carbocycles. The first kappa shape index (κ1) is 13.2. The van der Waals surface area contributed by atoms with Gasteiger partial charge in [-0.05, 0) is 24.6 Å². The summed E-state index contributed by atoms with van der Waals surface area (Å²) in [4.78, 5) is 17.9. The molecule has 1 aromatic heterocycles. The summed E-state index contributed by atoms with van der Waals surface area (Å²) in [5.41, 5.74) is 2.15. The highest BCUT2D eigenvalue weighted by Gasteiger charge is 2.27. The standard InChI is InChI=1S/C15H17N3OS/c1-11-16-6-7-17(11)9-12-2-4-13(5-3-12)18-10-14(20)8-15(18)19/h2-7,14,20H,8-10H2,1H3. The van der Waals surface area contributed by atoms with Crippen molar-refractivity contribution in [2.75, 3.05) is 11.4 Å². The Morgan fingerprint density at radius 2 is 2.10 bits per heavy atom. The van der Waals surface area contributed by atoms with Crippen LogP contribution in [-0.4, -0.2) is 27.3 Å². The van der Waals surface area contributed by atoms with Crippen LogP contribution in [0, 0.1) is 6.92 Å². The average Bonchev–Trinajstić information content (AvgIpc) is 2.97. The number of rotatable bonds is 3. The van der Waals surface area contributed by atoms with E-state index in [1.54, 1.807) is 6.20 Å². The first-order valence-corrected chi connectivity index (χ1v) is 7.20. The molecule has 2 heterocycles. The molecule has 1 unspecified atom stereocenters. The summed E-state index contributed by atoms with van der Waals surface area (Å²) >= 11 is 4.38. The third-order valence-corrected chi connectivity index (χ3v) is 3.98. The van der Waals surface area contributed by atoms with E-state index >= 15 is 0 Å². The molecule has 0 spiro atoms. The van der Waals surface area contributed by atoms with Crippen LogP contribution in [0.4, 0.5) is 5.69 Å². The van der Waals surface area contributed by atoms with Crippen molar-refractivity contribution in [3.63, 3.8) is 0 Å². The fraction of sp³-hybridized carbons (Fsp3) is 0.333. The zero-order valence-electron chi connectivity index (χ0n) is 11.4. The monoisotopic (exact) mass is 287 g/mol. The number of thiol groups is 1. The molecule has 3 rings (SSSR count). The smallest absolute Gasteiger partial charge is 0.228 e. The van der Waals surface area contributed by atoms with Crippen molar-refractivity contribution in [3.8, 4) is 0 Å². The van der Waals surface area contributed by atoms with Gasteiger partial charge in [0.15, 0.2) is 0 Å². The Balaban J connectivity index is 1.75. The lowest BCUT2D eigenvalue weighted by Gasteiger charge is -2.16. The molecule has 1 aliphatic rings. The van der Waals surface area contributed by atoms with Gasteiger partial charge in [-0.25, -0.2) is 4.98 Å². The second-order valence-corrected chi connectivity index (χ2v) is 5.86. The molecule has 20 heavy (non-hydrogen) atoms. The van der Waals surface area contributed by atoms with Gasteiger partial charge in [0.2, 0.25) is 5.91 Å². The van der Waals surface area contributed by atoms with Crippen LogP contribution in [0.3, 0.4) is 0 Å². The number of anilines is 1. The zero-order valence-corrected chi connectivity index (χ0v) is 12.3. The predicted molar refractivity (Wildman–Crippen MR) is 82.3 cm³/mol. The third kappa shape index (κ3) is 2.58. The van der Waals surface area contributed by atoms with E-state index in [2.05, 4.69) is 34.3 Å². The molecule has 0 N–H and O–H groups in total. The number of hydrogen-bond acceptors (Lipinski definition) is 3. The largest absolute Gasteiger partial charge is 0.331 e. The van der Waals surface area contributed by atoms with Crippen LogP contribution in [0.1, 0.15) is 17.8 Å². The number of imidazole rings is 1. The summed E-state index contributed by atoms with van der Waals surface area (Å²) in [5, 5.41) is 0.149. The Morgan fingerprint density at radius 3 is 2.65 bits per heavy atom. The lowest BCUT2D eigenvalue weighted by atomic mass is 10.2. The maximum absolute atomic E-state index is 11.8. The minimum Gasteiger partial charge on any atom is -0.331 e. The van der Waals surface area contributed by atoms with Crippen LogP contribution >= 0.6 is 12.6 Å². The van der Waals surface area contributed by atoms with Crippen molar-refractivity contribution in [1.82, 2.24) is 9.55 Å². The number of amides is 1. The van der Waals surface area contributed by atoms with Gasteiger partial charge < -0.3 is 9.47 Å². The molecule has 0 radical (unpaired) electrons. The topological polar surface area (TPSA) is 38.1 Å². The van der Waals surface area contributed by atoms with Gasteiger partial charge >= 0.3 is 0 Å². The van der Waals surface area contributed by atoms with Gasteiger partial charge in [-0.3, -0.25) is 4.79 Å². The molecule has 0 aliphatic carbocycles. The molecule has 1 aliphatic heterocycles. The van der Waals surface area contributed by atoms with Crippen molar-refractivity contribution < 1.29 is 4.79 Å². The van der Waals surface area contributed by atoms with Crippen molar-refractivity contribution in [3.05, 3.63) is 48.0 Å². The minimum absolute atomic E-state index is 0.149. The first-order chi connectivity index (χ1) is 9.63. The fourth-order valence-corrected chi connectivity index (χ4v) is 2.81. The summed E-state index contributed by atoms with van der Waals surface area (Å²) in [5.74, 6) is 1.16. The third-order valence-electron chi connectivity index (χ3n) is 3.63. The molecule has 1 aromatic carbocycles. The van der Waals surface area contributed by atoms with Crippen LogP contribution in [0.5, 0.6) is 0 Å². The van der Waals surface area contributed by atoms with E-state index < -0.39 is 0 Å². The summed E-state index contributed by atoms with van der Waals surface area (Å²) in [6.07, 6.45) is 4.30. The minimum atomic E-state index is 0.149. The molecule has 1 fully saturated rings. The number of hydrogen-bond donors (Lipinski definition) is 1. The summed E-state index contributed by atoms with van der Waals surface area (Å²) < 4.78 is 2.10. The van der Waals surface area contributed by atoms with E-state index in [0.29, 0.717) is 13.0 Å². The van der Waals surface area contributed by atoms with Crippen LogP contribution in [0.15, 0.2) is 36.7 Å². The second kappa shape index (κ2) is 5.32. The number of aromatic nitrogens is 2. The lowest BCUT2D eigenvalue weighted by molar-refractivity contribution is -0.117.